The van der Waals surface area contributed by atoms with Crippen LogP contribution in [0.15, 0.2) is 39.0 Å². The standard InChI is InChI=1S/C14H14N4O4/c1-8-11(13(21)17-14(22)16-8)6-12(20)18-15-7-9-2-4-10(19)5-3-9/h2-5,7,19H,6H2,1H3,(H,18,20)(H2,16,17,21,22)/b15-7-. The number of nitrogens with one attached hydrogen (secondary N) is 3. The van der Waals surface area contributed by atoms with Crippen LogP contribution in [0.1, 0.15) is 16.8 Å². The molecule has 22 heavy (non-hydrogen) atoms. The molecule has 0 radical (unpaired) electrons. The highest BCUT2D eigenvalue weighted by molar-refractivity contribution is 5.83. The van der Waals surface area contributed by atoms with Crippen LogP contribution in [0.5, 0.6) is 5.75 Å². The molecule has 1 aromatic heterocycles. The molecule has 0 saturated heterocycles. The Morgan fingerprint density at radius 3 is 2.59 bits per heavy atom. The van der Waals surface area contributed by atoms with Crippen molar-refractivity contribution in [3.05, 3.63) is 61.9 Å². The summed E-state index contributed by atoms with van der Waals surface area (Å²) in [5.74, 6) is -0.357. The number of nitrogens with zero attached hydrogens (tertiary/aromatic N) is 1. The fourth-order valence-electron chi connectivity index (χ4n) is 1.78. The maximum atomic E-state index is 11.7. The first-order valence-electron chi connectivity index (χ1n) is 6.38. The molecule has 2 aromatic rings. The summed E-state index contributed by atoms with van der Waals surface area (Å²) in [6, 6.07) is 6.24. The molecule has 0 aliphatic rings. The highest BCUT2D eigenvalue weighted by Gasteiger charge is 2.10. The number of hydrazone groups is 1. The number of hydrogen-bond donors (Lipinski definition) is 4. The first-order valence-corrected chi connectivity index (χ1v) is 6.38. The number of carbonyl (C=O) groups is 1. The van der Waals surface area contributed by atoms with Crippen LogP contribution < -0.4 is 16.7 Å². The highest BCUT2D eigenvalue weighted by atomic mass is 16.3. The number of carbonyl (C=O) groups excluding carboxylic acids is 1. The molecule has 1 heterocycles. The molecule has 2 rings (SSSR count). The Hall–Kier alpha value is -3.16. The van der Waals surface area contributed by atoms with E-state index in [1.54, 1.807) is 19.1 Å². The van der Waals surface area contributed by atoms with E-state index in [2.05, 4.69) is 20.5 Å². The van der Waals surface area contributed by atoms with Gasteiger partial charge in [0.2, 0.25) is 5.91 Å². The van der Waals surface area contributed by atoms with Crippen LogP contribution in [0.25, 0.3) is 0 Å². The number of aromatic amines is 2. The van der Waals surface area contributed by atoms with Crippen molar-refractivity contribution in [1.29, 1.82) is 0 Å². The smallest absolute Gasteiger partial charge is 0.325 e. The molecule has 0 aliphatic carbocycles. The van der Waals surface area contributed by atoms with Gasteiger partial charge in [-0.25, -0.2) is 10.2 Å². The summed E-state index contributed by atoms with van der Waals surface area (Å²) in [5, 5.41) is 12.9. The molecule has 0 aliphatic heterocycles. The predicted octanol–water partition coefficient (Wildman–Crippen LogP) is -0.230. The molecule has 0 bridgehead atoms. The number of amides is 1. The van der Waals surface area contributed by atoms with Crippen molar-refractivity contribution in [3.8, 4) is 5.75 Å². The van der Waals surface area contributed by atoms with E-state index in [0.717, 1.165) is 0 Å². The first-order chi connectivity index (χ1) is 10.5. The largest absolute Gasteiger partial charge is 0.508 e. The van der Waals surface area contributed by atoms with Gasteiger partial charge in [0.05, 0.1) is 12.6 Å². The monoisotopic (exact) mass is 302 g/mol. The number of aryl methyl sites for hydroxylation is 1. The van der Waals surface area contributed by atoms with E-state index < -0.39 is 17.2 Å². The van der Waals surface area contributed by atoms with E-state index in [1.165, 1.54) is 18.3 Å². The van der Waals surface area contributed by atoms with Gasteiger partial charge in [0.25, 0.3) is 5.56 Å². The maximum Gasteiger partial charge on any atom is 0.325 e. The molecule has 1 amide bonds. The summed E-state index contributed by atoms with van der Waals surface area (Å²) in [4.78, 5) is 38.9. The van der Waals surface area contributed by atoms with Crippen LogP contribution in [0.3, 0.4) is 0 Å². The molecule has 8 heteroatoms. The van der Waals surface area contributed by atoms with Gasteiger partial charge in [0.1, 0.15) is 5.75 Å². The van der Waals surface area contributed by atoms with Gasteiger partial charge in [-0.05, 0) is 36.8 Å². The molecule has 1 aromatic carbocycles. The topological polar surface area (TPSA) is 127 Å². The van der Waals surface area contributed by atoms with E-state index in [-0.39, 0.29) is 17.7 Å². The van der Waals surface area contributed by atoms with Crippen molar-refractivity contribution in [2.75, 3.05) is 0 Å². The fourth-order valence-corrected chi connectivity index (χ4v) is 1.78. The summed E-state index contributed by atoms with van der Waals surface area (Å²) in [6.07, 6.45) is 1.20. The highest BCUT2D eigenvalue weighted by Crippen LogP contribution is 2.07. The molecule has 0 saturated carbocycles. The Balaban J connectivity index is 2.00. The second-order valence-corrected chi connectivity index (χ2v) is 4.57. The van der Waals surface area contributed by atoms with Gasteiger partial charge in [0, 0.05) is 11.3 Å². The Morgan fingerprint density at radius 1 is 1.27 bits per heavy atom. The Labute approximate surface area is 124 Å². The fraction of sp³-hybridized carbons (Fsp3) is 0.143. The van der Waals surface area contributed by atoms with Crippen LogP contribution in [0.4, 0.5) is 0 Å². The summed E-state index contributed by atoms with van der Waals surface area (Å²) >= 11 is 0. The van der Waals surface area contributed by atoms with E-state index in [9.17, 15) is 14.4 Å². The van der Waals surface area contributed by atoms with Gasteiger partial charge in [-0.15, -0.1) is 0 Å². The van der Waals surface area contributed by atoms with Crippen LogP contribution >= 0.6 is 0 Å². The molecule has 0 fully saturated rings. The zero-order chi connectivity index (χ0) is 16.1. The van der Waals surface area contributed by atoms with Crippen molar-refractivity contribution < 1.29 is 9.90 Å². The summed E-state index contributed by atoms with van der Waals surface area (Å²) < 4.78 is 0. The molecule has 0 spiro atoms. The maximum absolute atomic E-state index is 11.7. The third kappa shape index (κ3) is 3.92. The SMILES string of the molecule is Cc1[nH]c(=O)[nH]c(=O)c1CC(=O)N/N=C\c1ccc(O)cc1. The molecule has 8 nitrogen and oxygen atoms in total. The number of rotatable bonds is 4. The lowest BCUT2D eigenvalue weighted by atomic mass is 10.1. The van der Waals surface area contributed by atoms with E-state index >= 15 is 0 Å². The van der Waals surface area contributed by atoms with Crippen molar-refractivity contribution in [2.45, 2.75) is 13.3 Å². The third-order valence-electron chi connectivity index (χ3n) is 2.89. The predicted molar refractivity (Wildman–Crippen MR) is 80.0 cm³/mol. The van der Waals surface area contributed by atoms with Gasteiger partial charge in [-0.3, -0.25) is 14.6 Å². The molecule has 0 unspecified atom stereocenters. The Morgan fingerprint density at radius 2 is 1.95 bits per heavy atom. The molecular weight excluding hydrogens is 288 g/mol. The minimum atomic E-state index is -0.614. The van der Waals surface area contributed by atoms with Crippen molar-refractivity contribution in [3.63, 3.8) is 0 Å². The first kappa shape index (κ1) is 15.2. The van der Waals surface area contributed by atoms with Gasteiger partial charge < -0.3 is 10.1 Å². The van der Waals surface area contributed by atoms with Gasteiger partial charge in [-0.2, -0.15) is 5.10 Å². The number of aromatic nitrogens is 2. The quantitative estimate of drug-likeness (QED) is 0.459. The van der Waals surface area contributed by atoms with Crippen LogP contribution in [0, 0.1) is 6.92 Å². The average molecular weight is 302 g/mol. The Kier molecular flexibility index (Phi) is 4.52. The summed E-state index contributed by atoms with van der Waals surface area (Å²) in [7, 11) is 0. The summed E-state index contributed by atoms with van der Waals surface area (Å²) in [6.45, 7) is 1.54. The molecular formula is C14H14N4O4. The zero-order valence-corrected chi connectivity index (χ0v) is 11.7. The van der Waals surface area contributed by atoms with Crippen molar-refractivity contribution >= 4 is 12.1 Å². The van der Waals surface area contributed by atoms with Gasteiger partial charge in [0.15, 0.2) is 0 Å². The van der Waals surface area contributed by atoms with Crippen LogP contribution in [0.2, 0.25) is 0 Å². The number of hydrogen-bond acceptors (Lipinski definition) is 5. The molecule has 114 valence electrons. The normalized spacial score (nSPS) is 10.8. The van der Waals surface area contributed by atoms with Gasteiger partial charge in [-0.1, -0.05) is 0 Å². The second-order valence-electron chi connectivity index (χ2n) is 4.57. The Bertz CT molecular complexity index is 818. The number of H-pyrrole nitrogens is 2. The minimum absolute atomic E-state index is 0.133. The van der Waals surface area contributed by atoms with Crippen LogP contribution in [-0.4, -0.2) is 27.2 Å². The summed E-state index contributed by atoms with van der Waals surface area (Å²) in [5.41, 5.74) is 2.28. The lowest BCUT2D eigenvalue weighted by molar-refractivity contribution is -0.120. The lowest BCUT2D eigenvalue weighted by Gasteiger charge is -2.02. The van der Waals surface area contributed by atoms with Crippen molar-refractivity contribution in [1.82, 2.24) is 15.4 Å². The number of benzene rings is 1. The second kappa shape index (κ2) is 6.53. The number of phenolic OH excluding ortho intramolecular Hbond substituents is 1. The number of aromatic hydroxyl groups is 1. The number of phenols is 1. The lowest BCUT2D eigenvalue weighted by Crippen LogP contribution is -2.30. The average Bonchev–Trinajstić information content (AvgIpc) is 2.45. The van der Waals surface area contributed by atoms with E-state index in [1.807, 2.05) is 0 Å². The minimum Gasteiger partial charge on any atom is -0.508 e. The molecule has 0 atom stereocenters. The van der Waals surface area contributed by atoms with Crippen LogP contribution in [-0.2, 0) is 11.2 Å². The molecule has 4 N–H and O–H groups in total. The van der Waals surface area contributed by atoms with Crippen molar-refractivity contribution in [2.24, 2.45) is 5.10 Å². The van der Waals surface area contributed by atoms with Gasteiger partial charge >= 0.3 is 5.69 Å². The zero-order valence-electron chi connectivity index (χ0n) is 11.7. The third-order valence-corrected chi connectivity index (χ3v) is 2.89. The van der Waals surface area contributed by atoms with E-state index in [4.69, 9.17) is 5.11 Å². The van der Waals surface area contributed by atoms with E-state index in [0.29, 0.717) is 11.3 Å².